The molecule has 1 saturated carbocycles. The van der Waals surface area contributed by atoms with Crippen molar-refractivity contribution in [2.24, 2.45) is 11.8 Å². The lowest BCUT2D eigenvalue weighted by molar-refractivity contribution is 0.201. The van der Waals surface area contributed by atoms with Gasteiger partial charge in [0, 0.05) is 31.1 Å². The molecule has 0 radical (unpaired) electrons. The lowest BCUT2D eigenvalue weighted by Crippen LogP contribution is -2.23. The standard InChI is InChI=1S/C12H17NO/c1-10(11-3-2-4-11)9-13-7-5-12(14)6-8-13/h5-8,10-11H,2-4,9H2,1H3. The number of aromatic nitrogens is 1. The number of hydrogen-bond donors (Lipinski definition) is 0. The molecule has 0 N–H and O–H groups in total. The summed E-state index contributed by atoms with van der Waals surface area (Å²) in [6.45, 7) is 3.35. The van der Waals surface area contributed by atoms with Crippen LogP contribution >= 0.6 is 0 Å². The lowest BCUT2D eigenvalue weighted by Gasteiger charge is -2.31. The molecule has 0 saturated heterocycles. The molecular formula is C12H17NO. The van der Waals surface area contributed by atoms with E-state index in [1.165, 1.54) is 19.3 Å². The first-order valence-electron chi connectivity index (χ1n) is 5.42. The highest BCUT2D eigenvalue weighted by Crippen LogP contribution is 2.33. The summed E-state index contributed by atoms with van der Waals surface area (Å²) >= 11 is 0. The van der Waals surface area contributed by atoms with Gasteiger partial charge >= 0.3 is 0 Å². The van der Waals surface area contributed by atoms with Gasteiger partial charge in [0.1, 0.15) is 0 Å². The molecule has 1 fully saturated rings. The summed E-state index contributed by atoms with van der Waals surface area (Å²) in [6.07, 6.45) is 7.96. The van der Waals surface area contributed by atoms with E-state index in [1.807, 2.05) is 12.4 Å². The largest absolute Gasteiger partial charge is 0.354 e. The Kier molecular flexibility index (Phi) is 2.71. The van der Waals surface area contributed by atoms with Gasteiger partial charge in [-0.2, -0.15) is 0 Å². The molecule has 1 aromatic rings. The maximum absolute atomic E-state index is 10.9. The summed E-state index contributed by atoms with van der Waals surface area (Å²) in [6, 6.07) is 3.26. The van der Waals surface area contributed by atoms with E-state index in [-0.39, 0.29) is 5.43 Å². The van der Waals surface area contributed by atoms with Gasteiger partial charge in [-0.05, 0) is 11.8 Å². The van der Waals surface area contributed by atoms with Crippen molar-refractivity contribution >= 4 is 0 Å². The Balaban J connectivity index is 1.95. The van der Waals surface area contributed by atoms with Crippen LogP contribution in [0.5, 0.6) is 0 Å². The molecule has 2 heteroatoms. The van der Waals surface area contributed by atoms with Crippen molar-refractivity contribution < 1.29 is 0 Å². The second-order valence-electron chi connectivity index (χ2n) is 4.40. The van der Waals surface area contributed by atoms with E-state index in [2.05, 4.69) is 11.5 Å². The zero-order chi connectivity index (χ0) is 9.97. The minimum atomic E-state index is 0.0950. The highest BCUT2D eigenvalue weighted by Gasteiger charge is 2.23. The van der Waals surface area contributed by atoms with E-state index >= 15 is 0 Å². The van der Waals surface area contributed by atoms with Crippen LogP contribution in [0.15, 0.2) is 29.3 Å². The molecule has 0 spiro atoms. The summed E-state index contributed by atoms with van der Waals surface area (Å²) in [5.41, 5.74) is 0.0950. The average Bonchev–Trinajstić information content (AvgIpc) is 2.06. The van der Waals surface area contributed by atoms with E-state index in [0.717, 1.165) is 18.4 Å². The summed E-state index contributed by atoms with van der Waals surface area (Å²) in [5.74, 6) is 1.65. The topological polar surface area (TPSA) is 22.0 Å². The molecular weight excluding hydrogens is 174 g/mol. The van der Waals surface area contributed by atoms with E-state index in [0.29, 0.717) is 0 Å². The Bertz CT molecular complexity index is 331. The van der Waals surface area contributed by atoms with Crippen LogP contribution in [0.25, 0.3) is 0 Å². The highest BCUT2D eigenvalue weighted by atomic mass is 16.1. The summed E-state index contributed by atoms with van der Waals surface area (Å²) in [7, 11) is 0. The lowest BCUT2D eigenvalue weighted by atomic mass is 9.77. The normalized spacial score (nSPS) is 18.9. The van der Waals surface area contributed by atoms with Gasteiger partial charge in [-0.15, -0.1) is 0 Å². The van der Waals surface area contributed by atoms with Gasteiger partial charge < -0.3 is 4.57 Å². The van der Waals surface area contributed by atoms with Crippen molar-refractivity contribution in [3.05, 3.63) is 34.7 Å². The van der Waals surface area contributed by atoms with E-state index in [4.69, 9.17) is 0 Å². The molecule has 1 unspecified atom stereocenters. The molecule has 0 bridgehead atoms. The monoisotopic (exact) mass is 191 g/mol. The van der Waals surface area contributed by atoms with Gasteiger partial charge in [0.15, 0.2) is 5.43 Å². The van der Waals surface area contributed by atoms with Crippen LogP contribution < -0.4 is 5.43 Å². The van der Waals surface area contributed by atoms with Gasteiger partial charge in [0.05, 0.1) is 0 Å². The zero-order valence-corrected chi connectivity index (χ0v) is 8.65. The maximum atomic E-state index is 10.9. The van der Waals surface area contributed by atoms with Gasteiger partial charge in [-0.3, -0.25) is 4.79 Å². The Morgan fingerprint density at radius 1 is 1.43 bits per heavy atom. The maximum Gasteiger partial charge on any atom is 0.181 e. The molecule has 1 aromatic heterocycles. The van der Waals surface area contributed by atoms with E-state index in [9.17, 15) is 4.79 Å². The average molecular weight is 191 g/mol. The molecule has 0 amide bonds. The summed E-state index contributed by atoms with van der Waals surface area (Å²) < 4.78 is 2.12. The van der Waals surface area contributed by atoms with E-state index in [1.54, 1.807) is 12.1 Å². The van der Waals surface area contributed by atoms with Crippen molar-refractivity contribution in [3.63, 3.8) is 0 Å². The third kappa shape index (κ3) is 2.06. The van der Waals surface area contributed by atoms with Crippen molar-refractivity contribution in [2.75, 3.05) is 0 Å². The number of hydrogen-bond acceptors (Lipinski definition) is 1. The fraction of sp³-hybridized carbons (Fsp3) is 0.583. The molecule has 1 heterocycles. The summed E-state index contributed by atoms with van der Waals surface area (Å²) in [5, 5.41) is 0. The van der Waals surface area contributed by atoms with Crippen LogP contribution in [0.3, 0.4) is 0 Å². The van der Waals surface area contributed by atoms with Crippen molar-refractivity contribution in [2.45, 2.75) is 32.7 Å². The van der Waals surface area contributed by atoms with Gasteiger partial charge in [0.25, 0.3) is 0 Å². The van der Waals surface area contributed by atoms with Crippen LogP contribution in [0.1, 0.15) is 26.2 Å². The number of pyridine rings is 1. The molecule has 2 nitrogen and oxygen atoms in total. The quantitative estimate of drug-likeness (QED) is 0.718. The van der Waals surface area contributed by atoms with Crippen LogP contribution in [0.4, 0.5) is 0 Å². The SMILES string of the molecule is CC(Cn1ccc(=O)cc1)C1CCC1. The molecule has 76 valence electrons. The first kappa shape index (κ1) is 9.50. The molecule has 2 rings (SSSR count). The van der Waals surface area contributed by atoms with Crippen LogP contribution in [0.2, 0.25) is 0 Å². The fourth-order valence-corrected chi connectivity index (χ4v) is 2.06. The van der Waals surface area contributed by atoms with Crippen molar-refractivity contribution in [1.82, 2.24) is 4.57 Å². The molecule has 1 aliphatic rings. The predicted octanol–water partition coefficient (Wildman–Crippen LogP) is 2.28. The first-order chi connectivity index (χ1) is 6.75. The van der Waals surface area contributed by atoms with E-state index < -0.39 is 0 Å². The fourth-order valence-electron chi connectivity index (χ4n) is 2.06. The highest BCUT2D eigenvalue weighted by molar-refractivity contribution is 4.94. The summed E-state index contributed by atoms with van der Waals surface area (Å²) in [4.78, 5) is 10.9. The number of nitrogens with zero attached hydrogens (tertiary/aromatic N) is 1. The molecule has 0 aromatic carbocycles. The Labute approximate surface area is 84.6 Å². The van der Waals surface area contributed by atoms with Crippen molar-refractivity contribution in [3.8, 4) is 0 Å². The van der Waals surface area contributed by atoms with Crippen LogP contribution in [0, 0.1) is 11.8 Å². The minimum Gasteiger partial charge on any atom is -0.354 e. The Hall–Kier alpha value is -1.05. The third-order valence-corrected chi connectivity index (χ3v) is 3.31. The predicted molar refractivity (Wildman–Crippen MR) is 57.2 cm³/mol. The second kappa shape index (κ2) is 3.99. The smallest absolute Gasteiger partial charge is 0.181 e. The first-order valence-corrected chi connectivity index (χ1v) is 5.42. The number of rotatable bonds is 3. The minimum absolute atomic E-state index is 0.0950. The van der Waals surface area contributed by atoms with Gasteiger partial charge in [0.2, 0.25) is 0 Å². The molecule has 0 aliphatic heterocycles. The zero-order valence-electron chi connectivity index (χ0n) is 8.65. The van der Waals surface area contributed by atoms with Crippen LogP contribution in [-0.4, -0.2) is 4.57 Å². The van der Waals surface area contributed by atoms with Gasteiger partial charge in [-0.25, -0.2) is 0 Å². The van der Waals surface area contributed by atoms with Crippen molar-refractivity contribution in [1.29, 1.82) is 0 Å². The third-order valence-electron chi connectivity index (χ3n) is 3.31. The Morgan fingerprint density at radius 2 is 2.07 bits per heavy atom. The molecule has 1 atom stereocenters. The van der Waals surface area contributed by atoms with Gasteiger partial charge in [-0.1, -0.05) is 26.2 Å². The second-order valence-corrected chi connectivity index (χ2v) is 4.40. The Morgan fingerprint density at radius 3 is 2.57 bits per heavy atom. The van der Waals surface area contributed by atoms with Crippen LogP contribution in [-0.2, 0) is 6.54 Å². The molecule has 14 heavy (non-hydrogen) atoms. The molecule has 1 aliphatic carbocycles.